The third-order valence-electron chi connectivity index (χ3n) is 5.32. The lowest BCUT2D eigenvalue weighted by molar-refractivity contribution is -0.113. The van der Waals surface area contributed by atoms with E-state index in [9.17, 15) is 9.59 Å². The molecule has 0 atom stereocenters. The summed E-state index contributed by atoms with van der Waals surface area (Å²) in [5, 5.41) is 12.6. The number of fused-ring (bicyclic) bond motifs is 1. The molecule has 32 heavy (non-hydrogen) atoms. The van der Waals surface area contributed by atoms with Gasteiger partial charge in [0, 0.05) is 10.6 Å². The number of nitrogens with one attached hydrogen (secondary N) is 1. The summed E-state index contributed by atoms with van der Waals surface area (Å²) in [6, 6.07) is 8.09. The van der Waals surface area contributed by atoms with Crippen LogP contribution in [0.2, 0.25) is 0 Å². The summed E-state index contributed by atoms with van der Waals surface area (Å²) < 4.78 is 7.21. The van der Waals surface area contributed by atoms with Crippen molar-refractivity contribution >= 4 is 40.0 Å². The largest absolute Gasteiger partial charge is 0.462 e. The molecule has 0 saturated heterocycles. The van der Waals surface area contributed by atoms with Gasteiger partial charge in [0.05, 0.1) is 17.9 Å². The zero-order valence-corrected chi connectivity index (χ0v) is 20.1. The maximum Gasteiger partial charge on any atom is 0.341 e. The summed E-state index contributed by atoms with van der Waals surface area (Å²) in [6.07, 6.45) is 3.94. The number of hydrogen-bond donors (Lipinski definition) is 1. The number of aromatic nitrogens is 3. The summed E-state index contributed by atoms with van der Waals surface area (Å²) in [5.74, 6) is 0.376. The third-order valence-corrected chi connectivity index (χ3v) is 7.46. The summed E-state index contributed by atoms with van der Waals surface area (Å²) >= 11 is 2.82. The van der Waals surface area contributed by atoms with E-state index in [1.165, 1.54) is 33.5 Å². The molecule has 2 aromatic heterocycles. The van der Waals surface area contributed by atoms with Crippen LogP contribution in [0.5, 0.6) is 0 Å². The fourth-order valence-corrected chi connectivity index (χ4v) is 5.88. The normalized spacial score (nSPS) is 13.0. The van der Waals surface area contributed by atoms with E-state index in [1.54, 1.807) is 6.92 Å². The fraction of sp³-hybridized carbons (Fsp3) is 0.391. The Balaban J connectivity index is 1.49. The fourth-order valence-electron chi connectivity index (χ4n) is 3.79. The predicted octanol–water partition coefficient (Wildman–Crippen LogP) is 4.73. The highest BCUT2D eigenvalue weighted by atomic mass is 32.2. The number of rotatable bonds is 7. The second-order valence-corrected chi connectivity index (χ2v) is 9.72. The number of hydrogen-bond acceptors (Lipinski definition) is 7. The molecule has 1 aromatic carbocycles. The molecular formula is C23H26N4O3S2. The van der Waals surface area contributed by atoms with Crippen molar-refractivity contribution in [2.24, 2.45) is 0 Å². The van der Waals surface area contributed by atoms with Gasteiger partial charge in [0.15, 0.2) is 5.16 Å². The topological polar surface area (TPSA) is 86.1 Å². The average molecular weight is 471 g/mol. The lowest BCUT2D eigenvalue weighted by Crippen LogP contribution is -2.17. The number of nitrogens with zero attached hydrogens (tertiary/aromatic N) is 3. The van der Waals surface area contributed by atoms with Gasteiger partial charge in [-0.15, -0.1) is 21.5 Å². The van der Waals surface area contributed by atoms with Gasteiger partial charge in [0.25, 0.3) is 0 Å². The molecule has 0 bridgehead atoms. The maximum atomic E-state index is 12.8. The number of amides is 1. The molecule has 0 saturated carbocycles. The molecule has 1 aliphatic rings. The number of carbonyl (C=O) groups is 2. The molecule has 4 rings (SSSR count). The van der Waals surface area contributed by atoms with Crippen LogP contribution in [0.4, 0.5) is 5.00 Å². The van der Waals surface area contributed by atoms with Crippen molar-refractivity contribution in [2.45, 2.75) is 51.6 Å². The van der Waals surface area contributed by atoms with Crippen LogP contribution in [0.15, 0.2) is 29.4 Å². The zero-order chi connectivity index (χ0) is 22.7. The van der Waals surface area contributed by atoms with Crippen molar-refractivity contribution in [3.05, 3.63) is 51.7 Å². The van der Waals surface area contributed by atoms with Gasteiger partial charge in [-0.2, -0.15) is 0 Å². The monoisotopic (exact) mass is 470 g/mol. The molecule has 9 heteroatoms. The first-order valence-corrected chi connectivity index (χ1v) is 12.5. The Bertz CT molecular complexity index is 1140. The Labute approximate surface area is 195 Å². The highest BCUT2D eigenvalue weighted by molar-refractivity contribution is 7.99. The summed E-state index contributed by atoms with van der Waals surface area (Å²) in [6.45, 7) is 6.02. The Hall–Kier alpha value is -2.65. The zero-order valence-electron chi connectivity index (χ0n) is 18.4. The minimum absolute atomic E-state index is 0.162. The molecular weight excluding hydrogens is 444 g/mol. The number of anilines is 1. The summed E-state index contributed by atoms with van der Waals surface area (Å²) in [4.78, 5) is 26.6. The second kappa shape index (κ2) is 9.87. The first-order chi connectivity index (χ1) is 15.5. The van der Waals surface area contributed by atoms with Crippen LogP contribution in [0.3, 0.4) is 0 Å². The van der Waals surface area contributed by atoms with Crippen molar-refractivity contribution < 1.29 is 14.3 Å². The number of thiophene rings is 1. The smallest absolute Gasteiger partial charge is 0.341 e. The van der Waals surface area contributed by atoms with E-state index in [0.717, 1.165) is 42.8 Å². The van der Waals surface area contributed by atoms with Crippen LogP contribution in [0.25, 0.3) is 5.69 Å². The molecule has 2 heterocycles. The minimum atomic E-state index is -0.357. The SMILES string of the molecule is CCOC(=O)c1c(NC(=O)CSc2nnc(C)n2-c2ccc(C)cc2)sc2c1CCCC2. The van der Waals surface area contributed by atoms with Gasteiger partial charge in [-0.3, -0.25) is 9.36 Å². The van der Waals surface area contributed by atoms with Gasteiger partial charge in [0.1, 0.15) is 10.8 Å². The Kier molecular flexibility index (Phi) is 6.95. The van der Waals surface area contributed by atoms with Gasteiger partial charge in [0.2, 0.25) is 5.91 Å². The molecule has 7 nitrogen and oxygen atoms in total. The van der Waals surface area contributed by atoms with Crippen LogP contribution in [-0.2, 0) is 22.4 Å². The van der Waals surface area contributed by atoms with Gasteiger partial charge in [-0.25, -0.2) is 4.79 Å². The number of esters is 1. The van der Waals surface area contributed by atoms with Crippen molar-refractivity contribution in [2.75, 3.05) is 17.7 Å². The van der Waals surface area contributed by atoms with Gasteiger partial charge >= 0.3 is 5.97 Å². The Morgan fingerprint density at radius 1 is 1.16 bits per heavy atom. The van der Waals surface area contributed by atoms with Crippen molar-refractivity contribution in [1.29, 1.82) is 0 Å². The Morgan fingerprint density at radius 3 is 2.66 bits per heavy atom. The molecule has 1 amide bonds. The van der Waals surface area contributed by atoms with Crippen molar-refractivity contribution in [3.63, 3.8) is 0 Å². The first kappa shape index (κ1) is 22.5. The quantitative estimate of drug-likeness (QED) is 0.397. The molecule has 0 fully saturated rings. The minimum Gasteiger partial charge on any atom is -0.462 e. The average Bonchev–Trinajstić information content (AvgIpc) is 3.33. The summed E-state index contributed by atoms with van der Waals surface area (Å²) in [5.41, 5.74) is 3.70. The van der Waals surface area contributed by atoms with Crippen LogP contribution in [0.1, 0.15) is 52.0 Å². The summed E-state index contributed by atoms with van der Waals surface area (Å²) in [7, 11) is 0. The molecule has 0 spiro atoms. The van der Waals surface area contributed by atoms with E-state index in [0.29, 0.717) is 22.3 Å². The number of ether oxygens (including phenoxy) is 1. The third kappa shape index (κ3) is 4.73. The van der Waals surface area contributed by atoms with E-state index in [-0.39, 0.29) is 17.6 Å². The van der Waals surface area contributed by atoms with E-state index < -0.39 is 0 Å². The Morgan fingerprint density at radius 2 is 1.91 bits per heavy atom. The molecule has 1 aliphatic carbocycles. The van der Waals surface area contributed by atoms with E-state index in [1.807, 2.05) is 42.7 Å². The number of carbonyl (C=O) groups excluding carboxylic acids is 2. The van der Waals surface area contributed by atoms with E-state index in [4.69, 9.17) is 4.74 Å². The second-order valence-electron chi connectivity index (χ2n) is 7.67. The highest BCUT2D eigenvalue weighted by Gasteiger charge is 2.27. The van der Waals surface area contributed by atoms with Gasteiger partial charge in [-0.1, -0.05) is 29.5 Å². The van der Waals surface area contributed by atoms with E-state index in [2.05, 4.69) is 15.5 Å². The maximum absolute atomic E-state index is 12.8. The molecule has 3 aromatic rings. The van der Waals surface area contributed by atoms with Crippen LogP contribution < -0.4 is 5.32 Å². The van der Waals surface area contributed by atoms with Crippen molar-refractivity contribution in [3.8, 4) is 5.69 Å². The van der Waals surface area contributed by atoms with Gasteiger partial charge in [-0.05, 0) is 64.2 Å². The molecule has 0 radical (unpaired) electrons. The van der Waals surface area contributed by atoms with Crippen molar-refractivity contribution in [1.82, 2.24) is 14.8 Å². The predicted molar refractivity (Wildman–Crippen MR) is 127 cm³/mol. The molecule has 168 valence electrons. The van der Waals surface area contributed by atoms with Crippen LogP contribution >= 0.6 is 23.1 Å². The molecule has 0 aliphatic heterocycles. The van der Waals surface area contributed by atoms with Crippen LogP contribution in [-0.4, -0.2) is 39.0 Å². The first-order valence-electron chi connectivity index (χ1n) is 10.7. The molecule has 1 N–H and O–H groups in total. The van der Waals surface area contributed by atoms with E-state index >= 15 is 0 Å². The number of benzene rings is 1. The number of thioether (sulfide) groups is 1. The van der Waals surface area contributed by atoms with Crippen LogP contribution in [0, 0.1) is 13.8 Å². The highest BCUT2D eigenvalue weighted by Crippen LogP contribution is 2.38. The standard InChI is InChI=1S/C23H26N4O3S2/c1-4-30-22(29)20-17-7-5-6-8-18(17)32-21(20)24-19(28)13-31-23-26-25-15(3)27(23)16-11-9-14(2)10-12-16/h9-12H,4-8,13H2,1-3H3,(H,24,28). The molecule has 0 unspecified atom stereocenters. The number of aryl methyl sites for hydroxylation is 3. The lowest BCUT2D eigenvalue weighted by Gasteiger charge is -2.12. The lowest BCUT2D eigenvalue weighted by atomic mass is 9.95. The van der Waals surface area contributed by atoms with Gasteiger partial charge < -0.3 is 10.1 Å².